The van der Waals surface area contributed by atoms with Gasteiger partial charge in [0.25, 0.3) is 0 Å². The summed E-state index contributed by atoms with van der Waals surface area (Å²) >= 11 is 0. The van der Waals surface area contributed by atoms with Crippen molar-refractivity contribution >= 4 is 5.78 Å². The SMILES string of the molecule is CCC1(C)CCC(OCC(C)C)=C(C)C1=O. The summed E-state index contributed by atoms with van der Waals surface area (Å²) in [6.07, 6.45) is 2.75. The highest BCUT2D eigenvalue weighted by Gasteiger charge is 2.37. The van der Waals surface area contributed by atoms with Crippen molar-refractivity contribution in [3.8, 4) is 0 Å². The molecule has 0 aliphatic heterocycles. The van der Waals surface area contributed by atoms with Gasteiger partial charge in [-0.3, -0.25) is 4.79 Å². The minimum atomic E-state index is -0.158. The fourth-order valence-electron chi connectivity index (χ4n) is 2.05. The molecule has 0 saturated heterocycles. The Morgan fingerprint density at radius 2 is 2.06 bits per heavy atom. The molecule has 1 atom stereocenters. The maximum atomic E-state index is 12.2. The summed E-state index contributed by atoms with van der Waals surface area (Å²) < 4.78 is 5.72. The van der Waals surface area contributed by atoms with Crippen LogP contribution in [0.2, 0.25) is 0 Å². The lowest BCUT2D eigenvalue weighted by molar-refractivity contribution is -0.125. The summed E-state index contributed by atoms with van der Waals surface area (Å²) in [6, 6.07) is 0. The van der Waals surface area contributed by atoms with Crippen molar-refractivity contribution in [2.75, 3.05) is 6.61 Å². The summed E-state index contributed by atoms with van der Waals surface area (Å²) in [6.45, 7) is 11.0. The fourth-order valence-corrected chi connectivity index (χ4v) is 2.05. The number of ketones is 1. The van der Waals surface area contributed by atoms with Crippen molar-refractivity contribution in [3.05, 3.63) is 11.3 Å². The number of hydrogen-bond acceptors (Lipinski definition) is 2. The van der Waals surface area contributed by atoms with Gasteiger partial charge in [0.05, 0.1) is 6.61 Å². The van der Waals surface area contributed by atoms with Crippen LogP contribution < -0.4 is 0 Å². The van der Waals surface area contributed by atoms with Crippen LogP contribution in [0, 0.1) is 11.3 Å². The van der Waals surface area contributed by atoms with Gasteiger partial charge in [-0.1, -0.05) is 27.7 Å². The third-order valence-electron chi connectivity index (χ3n) is 3.58. The second-order valence-corrected chi connectivity index (χ2v) is 5.50. The highest BCUT2D eigenvalue weighted by Crippen LogP contribution is 2.38. The molecule has 2 heteroatoms. The lowest BCUT2D eigenvalue weighted by Gasteiger charge is -2.32. The maximum absolute atomic E-state index is 12.2. The first-order chi connectivity index (χ1) is 7.40. The van der Waals surface area contributed by atoms with E-state index in [4.69, 9.17) is 4.74 Å². The Kier molecular flexibility index (Phi) is 4.17. The lowest BCUT2D eigenvalue weighted by atomic mass is 9.72. The van der Waals surface area contributed by atoms with Crippen LogP contribution in [-0.4, -0.2) is 12.4 Å². The Bertz CT molecular complexity index is 302. The molecular weight excluding hydrogens is 200 g/mol. The van der Waals surface area contributed by atoms with Crippen LogP contribution in [0.3, 0.4) is 0 Å². The quantitative estimate of drug-likeness (QED) is 0.727. The molecule has 92 valence electrons. The van der Waals surface area contributed by atoms with Crippen LogP contribution in [0.1, 0.15) is 53.9 Å². The third-order valence-corrected chi connectivity index (χ3v) is 3.58. The van der Waals surface area contributed by atoms with Crippen molar-refractivity contribution < 1.29 is 9.53 Å². The molecule has 0 amide bonds. The molecule has 2 nitrogen and oxygen atoms in total. The molecule has 0 spiro atoms. The van der Waals surface area contributed by atoms with E-state index in [9.17, 15) is 4.79 Å². The molecule has 1 rings (SSSR count). The first-order valence-electron chi connectivity index (χ1n) is 6.28. The van der Waals surface area contributed by atoms with Gasteiger partial charge < -0.3 is 4.74 Å². The van der Waals surface area contributed by atoms with Crippen molar-refractivity contribution in [2.45, 2.75) is 53.9 Å². The van der Waals surface area contributed by atoms with E-state index in [1.807, 2.05) is 6.92 Å². The monoisotopic (exact) mass is 224 g/mol. The van der Waals surface area contributed by atoms with Gasteiger partial charge in [0.2, 0.25) is 0 Å². The van der Waals surface area contributed by atoms with E-state index >= 15 is 0 Å². The molecule has 0 heterocycles. The lowest BCUT2D eigenvalue weighted by Crippen LogP contribution is -2.32. The van der Waals surface area contributed by atoms with Gasteiger partial charge in [-0.05, 0) is 25.7 Å². The highest BCUT2D eigenvalue weighted by molar-refractivity contribution is 6.00. The normalized spacial score (nSPS) is 26.5. The average Bonchev–Trinajstić information content (AvgIpc) is 2.25. The van der Waals surface area contributed by atoms with E-state index in [1.165, 1.54) is 0 Å². The van der Waals surface area contributed by atoms with Crippen LogP contribution >= 0.6 is 0 Å². The summed E-state index contributed by atoms with van der Waals surface area (Å²) in [5.74, 6) is 1.71. The zero-order chi connectivity index (χ0) is 12.3. The Balaban J connectivity index is 2.78. The topological polar surface area (TPSA) is 26.3 Å². The standard InChI is InChI=1S/C14H24O2/c1-6-14(5)8-7-12(11(4)13(14)15)16-9-10(2)3/h10H,6-9H2,1-5H3. The molecule has 1 aliphatic carbocycles. The smallest absolute Gasteiger partial charge is 0.167 e. The Morgan fingerprint density at radius 1 is 1.44 bits per heavy atom. The van der Waals surface area contributed by atoms with E-state index in [0.29, 0.717) is 12.5 Å². The Morgan fingerprint density at radius 3 is 2.56 bits per heavy atom. The Hall–Kier alpha value is -0.790. The number of allylic oxidation sites excluding steroid dienone is 2. The Labute approximate surface area is 99.1 Å². The van der Waals surface area contributed by atoms with Gasteiger partial charge in [0.1, 0.15) is 5.76 Å². The molecule has 0 aromatic carbocycles. The van der Waals surface area contributed by atoms with Gasteiger partial charge in [-0.15, -0.1) is 0 Å². The predicted octanol–water partition coefficient (Wildman–Crippen LogP) is 3.71. The van der Waals surface area contributed by atoms with Crippen molar-refractivity contribution in [1.29, 1.82) is 0 Å². The molecule has 0 saturated carbocycles. The summed E-state index contributed by atoms with van der Waals surface area (Å²) in [5, 5.41) is 0. The molecule has 0 fully saturated rings. The van der Waals surface area contributed by atoms with E-state index in [-0.39, 0.29) is 11.2 Å². The molecular formula is C14H24O2. The number of hydrogen-bond donors (Lipinski definition) is 0. The highest BCUT2D eigenvalue weighted by atomic mass is 16.5. The number of rotatable bonds is 4. The molecule has 0 bridgehead atoms. The molecule has 1 aliphatic rings. The summed E-state index contributed by atoms with van der Waals surface area (Å²) in [4.78, 5) is 12.2. The number of carbonyl (C=O) groups is 1. The third kappa shape index (κ3) is 2.66. The van der Waals surface area contributed by atoms with Crippen molar-refractivity contribution in [3.63, 3.8) is 0 Å². The van der Waals surface area contributed by atoms with E-state index < -0.39 is 0 Å². The molecule has 0 aromatic rings. The van der Waals surface area contributed by atoms with Gasteiger partial charge in [-0.2, -0.15) is 0 Å². The van der Waals surface area contributed by atoms with Gasteiger partial charge in [0.15, 0.2) is 5.78 Å². The van der Waals surface area contributed by atoms with Crippen molar-refractivity contribution in [2.24, 2.45) is 11.3 Å². The zero-order valence-corrected chi connectivity index (χ0v) is 11.2. The molecule has 0 radical (unpaired) electrons. The van der Waals surface area contributed by atoms with Crippen molar-refractivity contribution in [1.82, 2.24) is 0 Å². The second kappa shape index (κ2) is 5.03. The van der Waals surface area contributed by atoms with Crippen LogP contribution in [0.5, 0.6) is 0 Å². The minimum Gasteiger partial charge on any atom is -0.497 e. The molecule has 0 aromatic heterocycles. The summed E-state index contributed by atoms with van der Waals surface area (Å²) in [5.41, 5.74) is 0.686. The first kappa shape index (κ1) is 13.3. The number of Topliss-reactive ketones (excluding diaryl/α,β-unsaturated/α-hetero) is 1. The predicted molar refractivity (Wildman–Crippen MR) is 66.1 cm³/mol. The fraction of sp³-hybridized carbons (Fsp3) is 0.786. The van der Waals surface area contributed by atoms with Crippen LogP contribution in [0.4, 0.5) is 0 Å². The second-order valence-electron chi connectivity index (χ2n) is 5.50. The van der Waals surface area contributed by atoms with Crippen LogP contribution in [0.25, 0.3) is 0 Å². The molecule has 1 unspecified atom stereocenters. The first-order valence-corrected chi connectivity index (χ1v) is 6.28. The van der Waals surface area contributed by atoms with Crippen LogP contribution in [0.15, 0.2) is 11.3 Å². The maximum Gasteiger partial charge on any atom is 0.167 e. The van der Waals surface area contributed by atoms with Gasteiger partial charge in [0, 0.05) is 17.4 Å². The minimum absolute atomic E-state index is 0.158. The number of carbonyl (C=O) groups excluding carboxylic acids is 1. The van der Waals surface area contributed by atoms with E-state index in [1.54, 1.807) is 0 Å². The average molecular weight is 224 g/mol. The zero-order valence-electron chi connectivity index (χ0n) is 11.2. The summed E-state index contributed by atoms with van der Waals surface area (Å²) in [7, 11) is 0. The van der Waals surface area contributed by atoms with Crippen LogP contribution in [-0.2, 0) is 9.53 Å². The molecule has 0 N–H and O–H groups in total. The van der Waals surface area contributed by atoms with Gasteiger partial charge >= 0.3 is 0 Å². The largest absolute Gasteiger partial charge is 0.497 e. The van der Waals surface area contributed by atoms with Gasteiger partial charge in [-0.25, -0.2) is 0 Å². The molecule has 16 heavy (non-hydrogen) atoms. The number of ether oxygens (including phenoxy) is 1. The van der Waals surface area contributed by atoms with E-state index in [0.717, 1.165) is 30.6 Å². The van der Waals surface area contributed by atoms with E-state index in [2.05, 4.69) is 27.7 Å².